The lowest BCUT2D eigenvalue weighted by Gasteiger charge is -2.14. The van der Waals surface area contributed by atoms with Crippen LogP contribution in [0, 0.1) is 0 Å². The summed E-state index contributed by atoms with van der Waals surface area (Å²) in [5, 5.41) is 13.0. The topological polar surface area (TPSA) is 87.7 Å². The first-order valence-electron chi connectivity index (χ1n) is 14.5. The first-order chi connectivity index (χ1) is 22.8. The van der Waals surface area contributed by atoms with E-state index in [9.17, 15) is 26.3 Å². The lowest BCUT2D eigenvalue weighted by molar-refractivity contribution is -0.139. The predicted octanol–water partition coefficient (Wildman–Crippen LogP) is 10.2. The number of anilines is 3. The molecule has 0 unspecified atom stereocenters. The normalized spacial score (nSPS) is 11.9. The minimum Gasteiger partial charge on any atom is -0.368 e. The van der Waals surface area contributed by atoms with Crippen LogP contribution in [0.15, 0.2) is 71.4 Å². The molecule has 0 amide bonds. The number of benzene rings is 2. The van der Waals surface area contributed by atoms with Crippen molar-refractivity contribution in [3.05, 3.63) is 99.0 Å². The molecule has 0 spiro atoms. The van der Waals surface area contributed by atoms with Crippen molar-refractivity contribution in [2.24, 2.45) is 0 Å². The summed E-state index contributed by atoms with van der Waals surface area (Å²) in [6, 6.07) is 14.9. The number of hydrogen-bond acceptors (Lipinski definition) is 9. The summed E-state index contributed by atoms with van der Waals surface area (Å²) in [7, 11) is 0. The van der Waals surface area contributed by atoms with Gasteiger partial charge in [0.25, 0.3) is 0 Å². The van der Waals surface area contributed by atoms with Gasteiger partial charge in [-0.1, -0.05) is 36.4 Å². The highest BCUT2D eigenvalue weighted by Gasteiger charge is 2.33. The van der Waals surface area contributed by atoms with Gasteiger partial charge in [-0.3, -0.25) is 0 Å². The summed E-state index contributed by atoms with van der Waals surface area (Å²) < 4.78 is 79.8. The van der Waals surface area contributed by atoms with Gasteiger partial charge in [0.05, 0.1) is 31.6 Å². The van der Waals surface area contributed by atoms with Gasteiger partial charge < -0.3 is 16.0 Å². The number of rotatable bonds is 9. The molecule has 0 saturated carbocycles. The Bertz CT molecular complexity index is 1990. The fraction of sp³-hybridized carbons (Fsp3) is 0.250. The maximum atomic E-state index is 13.1. The van der Waals surface area contributed by atoms with Crippen molar-refractivity contribution in [2.75, 3.05) is 22.5 Å². The number of nitrogens with one attached hydrogen (secondary N) is 3. The highest BCUT2D eigenvalue weighted by Crippen LogP contribution is 2.34. The van der Waals surface area contributed by atoms with Gasteiger partial charge in [0.2, 0.25) is 11.2 Å². The van der Waals surface area contributed by atoms with E-state index in [1.54, 1.807) is 18.2 Å². The summed E-state index contributed by atoms with van der Waals surface area (Å²) >= 11 is 8.73. The van der Waals surface area contributed by atoms with Crippen LogP contribution in [0.2, 0.25) is 5.28 Å². The van der Waals surface area contributed by atoms with Crippen LogP contribution in [-0.2, 0) is 25.3 Å². The van der Waals surface area contributed by atoms with E-state index in [2.05, 4.69) is 35.9 Å². The van der Waals surface area contributed by atoms with Gasteiger partial charge in [-0.15, -0.1) is 22.7 Å². The Labute approximate surface area is 284 Å². The molecule has 0 atom stereocenters. The van der Waals surface area contributed by atoms with E-state index < -0.39 is 23.5 Å². The van der Waals surface area contributed by atoms with E-state index in [1.165, 1.54) is 46.9 Å². The number of fused-ring (bicyclic) bond motifs is 2. The molecule has 4 aromatic heterocycles. The minimum atomic E-state index is -4.39. The molecule has 0 aliphatic rings. The summed E-state index contributed by atoms with van der Waals surface area (Å²) in [6.45, 7) is 4.32. The molecule has 6 rings (SSSR count). The molecule has 0 bridgehead atoms. The summed E-state index contributed by atoms with van der Waals surface area (Å²) in [5.41, 5.74) is 0.639. The first-order valence-corrected chi connectivity index (χ1v) is 16.6. The molecule has 0 aliphatic heterocycles. The van der Waals surface area contributed by atoms with E-state index in [4.69, 9.17) is 11.6 Å². The molecule has 0 aliphatic carbocycles. The van der Waals surface area contributed by atoms with Crippen LogP contribution < -0.4 is 16.0 Å². The summed E-state index contributed by atoms with van der Waals surface area (Å²) in [6.07, 6.45) is -8.49. The third-order valence-electron chi connectivity index (χ3n) is 6.78. The number of halogens is 7. The van der Waals surface area contributed by atoms with Crippen molar-refractivity contribution in [3.8, 4) is 0 Å². The predicted molar refractivity (Wildman–Crippen MR) is 181 cm³/mol. The zero-order valence-corrected chi connectivity index (χ0v) is 27.8. The lowest BCUT2D eigenvalue weighted by Crippen LogP contribution is -2.15. The fourth-order valence-electron chi connectivity index (χ4n) is 4.72. The SMILES string of the molecule is CC(C)Nc1nc(NCCc2ccccc2C(F)(F)F)c2sccc2n1.FC(F)(F)c1ccccc1CNc1nc(Cl)nc2ccsc12. The molecule has 0 saturated heterocycles. The zero-order valence-electron chi connectivity index (χ0n) is 25.4. The fourth-order valence-corrected chi connectivity index (χ4v) is 6.49. The van der Waals surface area contributed by atoms with Crippen LogP contribution in [-0.4, -0.2) is 32.5 Å². The average molecular weight is 724 g/mol. The number of hydrogen-bond donors (Lipinski definition) is 3. The van der Waals surface area contributed by atoms with Gasteiger partial charge in [-0.25, -0.2) is 9.97 Å². The van der Waals surface area contributed by atoms with Crippen molar-refractivity contribution in [3.63, 3.8) is 0 Å². The molecule has 48 heavy (non-hydrogen) atoms. The smallest absolute Gasteiger partial charge is 0.368 e. The van der Waals surface area contributed by atoms with Gasteiger partial charge in [-0.2, -0.15) is 36.3 Å². The van der Waals surface area contributed by atoms with E-state index in [1.807, 2.05) is 30.7 Å². The van der Waals surface area contributed by atoms with Crippen LogP contribution in [0.5, 0.6) is 0 Å². The minimum absolute atomic E-state index is 0.00394. The summed E-state index contributed by atoms with van der Waals surface area (Å²) in [4.78, 5) is 17.0. The van der Waals surface area contributed by atoms with Crippen LogP contribution in [0.25, 0.3) is 20.4 Å². The Balaban J connectivity index is 0.000000190. The Morgan fingerprint density at radius 2 is 1.23 bits per heavy atom. The maximum Gasteiger partial charge on any atom is 0.416 e. The van der Waals surface area contributed by atoms with E-state index >= 15 is 0 Å². The molecule has 7 nitrogen and oxygen atoms in total. The highest BCUT2D eigenvalue weighted by atomic mass is 35.5. The Hall–Kier alpha value is -4.21. The van der Waals surface area contributed by atoms with Gasteiger partial charge in [-0.05, 0) is 78.0 Å². The Morgan fingerprint density at radius 3 is 1.83 bits per heavy atom. The number of nitrogens with zero attached hydrogens (tertiary/aromatic N) is 4. The Kier molecular flexibility index (Phi) is 10.9. The van der Waals surface area contributed by atoms with E-state index in [-0.39, 0.29) is 35.4 Å². The van der Waals surface area contributed by atoms with E-state index in [0.29, 0.717) is 29.6 Å². The van der Waals surface area contributed by atoms with Gasteiger partial charge in [0, 0.05) is 19.1 Å². The van der Waals surface area contributed by atoms with Crippen LogP contribution in [0.4, 0.5) is 43.9 Å². The van der Waals surface area contributed by atoms with Crippen molar-refractivity contribution in [1.29, 1.82) is 0 Å². The van der Waals surface area contributed by atoms with Gasteiger partial charge in [0.15, 0.2) is 0 Å². The molecular formula is C32H28ClF6N7S2. The van der Waals surface area contributed by atoms with Gasteiger partial charge in [0.1, 0.15) is 11.6 Å². The third kappa shape index (κ3) is 8.82. The van der Waals surface area contributed by atoms with Crippen LogP contribution in [0.1, 0.15) is 36.1 Å². The number of alkyl halides is 6. The van der Waals surface area contributed by atoms with E-state index in [0.717, 1.165) is 27.0 Å². The molecule has 4 heterocycles. The molecule has 252 valence electrons. The second-order valence-electron chi connectivity index (χ2n) is 10.6. The average Bonchev–Trinajstić information content (AvgIpc) is 3.69. The largest absolute Gasteiger partial charge is 0.416 e. The van der Waals surface area contributed by atoms with Crippen LogP contribution in [0.3, 0.4) is 0 Å². The van der Waals surface area contributed by atoms with Crippen molar-refractivity contribution in [2.45, 2.75) is 45.2 Å². The number of aromatic nitrogens is 4. The maximum absolute atomic E-state index is 13.1. The standard InChI is InChI=1S/C18H19F3N4S.C14H9ClF3N3S/c1-11(2)23-17-24-14-8-10-26-15(14)16(25-17)22-9-7-12-5-3-4-6-13(12)18(19,20)21;15-13-20-10-5-6-22-11(10)12(21-13)19-7-8-3-1-2-4-9(8)14(16,17)18/h3-6,8,10-11H,7,9H2,1-2H3,(H2,22,23,24,25);1-6H,7H2,(H,19,20,21). The molecule has 0 fully saturated rings. The van der Waals surface area contributed by atoms with Crippen LogP contribution >= 0.6 is 34.3 Å². The molecule has 0 radical (unpaired) electrons. The molecule has 2 aromatic carbocycles. The lowest BCUT2D eigenvalue weighted by atomic mass is 10.0. The van der Waals surface area contributed by atoms with Gasteiger partial charge >= 0.3 is 12.4 Å². The quantitative estimate of drug-likeness (QED) is 0.101. The molecular weight excluding hydrogens is 696 g/mol. The van der Waals surface area contributed by atoms with Crippen molar-refractivity contribution >= 4 is 72.3 Å². The number of thiophene rings is 2. The monoisotopic (exact) mass is 723 g/mol. The Morgan fingerprint density at radius 1 is 0.688 bits per heavy atom. The second kappa shape index (κ2) is 14.9. The highest BCUT2D eigenvalue weighted by molar-refractivity contribution is 7.18. The first kappa shape index (κ1) is 35.1. The second-order valence-corrected chi connectivity index (χ2v) is 12.8. The van der Waals surface area contributed by atoms with Crippen molar-refractivity contribution in [1.82, 2.24) is 19.9 Å². The zero-order chi connectivity index (χ0) is 34.5. The molecule has 6 aromatic rings. The van der Waals surface area contributed by atoms with Crippen molar-refractivity contribution < 1.29 is 26.3 Å². The summed E-state index contributed by atoms with van der Waals surface area (Å²) in [5.74, 6) is 1.57. The third-order valence-corrected chi connectivity index (χ3v) is 8.77. The molecule has 3 N–H and O–H groups in total. The molecule has 16 heteroatoms.